The second-order valence-corrected chi connectivity index (χ2v) is 7.66. The monoisotopic (exact) mass is 459 g/mol. The molecule has 0 aliphatic carbocycles. The van der Waals surface area contributed by atoms with Gasteiger partial charge in [-0.15, -0.1) is 0 Å². The minimum atomic E-state index is -3.85. The predicted octanol–water partition coefficient (Wildman–Crippen LogP) is 4.11. The summed E-state index contributed by atoms with van der Waals surface area (Å²) in [6.45, 7) is 0. The minimum Gasteiger partial charge on any atom is -0.262 e. The molecule has 106 valence electrons. The molecule has 0 radical (unpaired) electrons. The summed E-state index contributed by atoms with van der Waals surface area (Å²) >= 11 is 18.0. The van der Waals surface area contributed by atoms with Gasteiger partial charge in [-0.2, -0.15) is 0 Å². The first kappa shape index (κ1) is 16.0. The summed E-state index contributed by atoms with van der Waals surface area (Å²) in [5.41, 5.74) is 0. The third kappa shape index (κ3) is 3.43. The Balaban J connectivity index is 2.44. The van der Waals surface area contributed by atoms with Crippen molar-refractivity contribution in [3.63, 3.8) is 0 Å². The first-order valence-corrected chi connectivity index (χ1v) is 8.77. The lowest BCUT2D eigenvalue weighted by atomic mass is 10.4. The lowest BCUT2D eigenvalue weighted by Gasteiger charge is -2.10. The topological polar surface area (TPSA) is 72.0 Å². The number of nitrogens with one attached hydrogen (secondary N) is 1. The fourth-order valence-electron chi connectivity index (χ4n) is 1.29. The van der Waals surface area contributed by atoms with Crippen LogP contribution in [0.4, 0.5) is 5.82 Å². The number of rotatable bonds is 3. The molecule has 0 saturated carbocycles. The highest BCUT2D eigenvalue weighted by Crippen LogP contribution is 2.30. The first-order chi connectivity index (χ1) is 9.31. The molecule has 0 saturated heterocycles. The number of nitrogens with zero attached hydrogens (tertiary/aromatic N) is 2. The fraction of sp³-hybridized carbons (Fsp3) is 0. The Kier molecular flexibility index (Phi) is 4.91. The molecule has 0 atom stereocenters. The van der Waals surface area contributed by atoms with Crippen LogP contribution in [-0.4, -0.2) is 18.4 Å². The summed E-state index contributed by atoms with van der Waals surface area (Å²) < 4.78 is 28.0. The van der Waals surface area contributed by atoms with Crippen LogP contribution >= 0.6 is 55.1 Å². The van der Waals surface area contributed by atoms with Gasteiger partial charge < -0.3 is 0 Å². The van der Waals surface area contributed by atoms with E-state index in [4.69, 9.17) is 23.2 Å². The van der Waals surface area contributed by atoms with Gasteiger partial charge in [-0.3, -0.25) is 4.72 Å². The van der Waals surface area contributed by atoms with E-state index in [1.165, 1.54) is 6.07 Å². The molecule has 1 aromatic heterocycles. The largest absolute Gasteiger partial charge is 0.264 e. The van der Waals surface area contributed by atoms with Gasteiger partial charge in [-0.05, 0) is 34.1 Å². The fourth-order valence-corrected chi connectivity index (χ4v) is 4.40. The average molecular weight is 462 g/mol. The van der Waals surface area contributed by atoms with E-state index in [0.717, 1.165) is 10.8 Å². The summed E-state index contributed by atoms with van der Waals surface area (Å²) in [5.74, 6) is -0.0820. The van der Waals surface area contributed by atoms with Gasteiger partial charge in [-0.1, -0.05) is 39.1 Å². The maximum atomic E-state index is 12.3. The molecule has 20 heavy (non-hydrogen) atoms. The molecule has 0 aliphatic heterocycles. The zero-order chi connectivity index (χ0) is 14.9. The predicted molar refractivity (Wildman–Crippen MR) is 84.7 cm³/mol. The van der Waals surface area contributed by atoms with Crippen molar-refractivity contribution in [2.45, 2.75) is 4.90 Å². The summed E-state index contributed by atoms with van der Waals surface area (Å²) in [6, 6.07) is 4.66. The second-order valence-electron chi connectivity index (χ2n) is 3.51. The van der Waals surface area contributed by atoms with Crippen LogP contribution in [0.15, 0.2) is 38.4 Å². The van der Waals surface area contributed by atoms with E-state index < -0.39 is 10.0 Å². The molecular weight excluding hydrogens is 457 g/mol. The number of anilines is 1. The van der Waals surface area contributed by atoms with Crippen LogP contribution in [0.2, 0.25) is 10.2 Å². The van der Waals surface area contributed by atoms with Gasteiger partial charge >= 0.3 is 0 Å². The van der Waals surface area contributed by atoms with E-state index in [1.54, 1.807) is 12.1 Å². The Hall–Kier alpha value is -0.410. The maximum absolute atomic E-state index is 12.3. The van der Waals surface area contributed by atoms with E-state index in [-0.39, 0.29) is 20.9 Å². The van der Waals surface area contributed by atoms with Crippen molar-refractivity contribution < 1.29 is 8.42 Å². The van der Waals surface area contributed by atoms with Gasteiger partial charge in [0.25, 0.3) is 10.0 Å². The Morgan fingerprint density at radius 2 is 1.85 bits per heavy atom. The molecule has 1 heterocycles. The van der Waals surface area contributed by atoms with Gasteiger partial charge in [-0.25, -0.2) is 18.4 Å². The molecule has 2 aromatic rings. The highest BCUT2D eigenvalue weighted by molar-refractivity contribution is 9.11. The van der Waals surface area contributed by atoms with Crippen LogP contribution in [0, 0.1) is 0 Å². The summed E-state index contributed by atoms with van der Waals surface area (Å²) in [5, 5.41) is -0.0970. The van der Waals surface area contributed by atoms with Crippen molar-refractivity contribution in [2.24, 2.45) is 0 Å². The van der Waals surface area contributed by atoms with Crippen molar-refractivity contribution in [3.8, 4) is 0 Å². The third-order valence-electron chi connectivity index (χ3n) is 2.16. The van der Waals surface area contributed by atoms with Gasteiger partial charge in [0.05, 0.1) is 0 Å². The molecule has 5 nitrogen and oxygen atoms in total. The van der Waals surface area contributed by atoms with Crippen molar-refractivity contribution in [1.29, 1.82) is 0 Å². The van der Waals surface area contributed by atoms with Gasteiger partial charge in [0, 0.05) is 8.95 Å². The number of aromatic nitrogens is 2. The van der Waals surface area contributed by atoms with Crippen molar-refractivity contribution in [1.82, 2.24) is 9.97 Å². The summed E-state index contributed by atoms with van der Waals surface area (Å²) in [4.78, 5) is 7.45. The minimum absolute atomic E-state index is 0.0331. The van der Waals surface area contributed by atoms with Crippen LogP contribution in [0.1, 0.15) is 0 Å². The van der Waals surface area contributed by atoms with E-state index >= 15 is 0 Å². The standard InChI is InChI=1S/C10H5Br2Cl2N3O2S/c11-5-1-2-7(6(12)3-5)20(18,19)17-10-8(13)9(14)15-4-16-10/h1-4H,(H,15,16,17). The number of benzene rings is 1. The normalized spacial score (nSPS) is 11.4. The van der Waals surface area contributed by atoms with E-state index in [1.807, 2.05) is 0 Å². The third-order valence-corrected chi connectivity index (χ3v) is 5.71. The maximum Gasteiger partial charge on any atom is 0.264 e. The first-order valence-electron chi connectivity index (χ1n) is 4.95. The molecule has 0 spiro atoms. The Morgan fingerprint density at radius 1 is 1.15 bits per heavy atom. The van der Waals surface area contributed by atoms with Crippen LogP contribution in [0.3, 0.4) is 0 Å². The number of hydrogen-bond donors (Lipinski definition) is 1. The van der Waals surface area contributed by atoms with E-state index in [9.17, 15) is 8.42 Å². The van der Waals surface area contributed by atoms with Crippen LogP contribution in [0.25, 0.3) is 0 Å². The van der Waals surface area contributed by atoms with Gasteiger partial charge in [0.15, 0.2) is 11.0 Å². The molecule has 1 aromatic carbocycles. The van der Waals surface area contributed by atoms with Gasteiger partial charge in [0.1, 0.15) is 16.2 Å². The number of halogens is 4. The lowest BCUT2D eigenvalue weighted by molar-refractivity contribution is 0.600. The Bertz CT molecular complexity index is 771. The zero-order valence-electron chi connectivity index (χ0n) is 9.44. The zero-order valence-corrected chi connectivity index (χ0v) is 14.9. The Morgan fingerprint density at radius 3 is 2.50 bits per heavy atom. The molecule has 0 amide bonds. The van der Waals surface area contributed by atoms with Crippen molar-refractivity contribution >= 4 is 70.9 Å². The van der Waals surface area contributed by atoms with Crippen molar-refractivity contribution in [2.75, 3.05) is 4.72 Å². The lowest BCUT2D eigenvalue weighted by Crippen LogP contribution is -2.15. The molecule has 1 N–H and O–H groups in total. The molecule has 2 rings (SSSR count). The SMILES string of the molecule is O=S(=O)(Nc1ncnc(Cl)c1Cl)c1ccc(Br)cc1Br. The van der Waals surface area contributed by atoms with Crippen LogP contribution < -0.4 is 4.72 Å². The van der Waals surface area contributed by atoms with E-state index in [2.05, 4.69) is 46.5 Å². The molecule has 0 unspecified atom stereocenters. The molecular formula is C10H5Br2Cl2N3O2S. The number of hydrogen-bond acceptors (Lipinski definition) is 4. The quantitative estimate of drug-likeness (QED) is 0.698. The summed E-state index contributed by atoms with van der Waals surface area (Å²) in [7, 11) is -3.85. The van der Waals surface area contributed by atoms with Crippen LogP contribution in [0.5, 0.6) is 0 Å². The second kappa shape index (κ2) is 6.15. The molecule has 10 heteroatoms. The average Bonchev–Trinajstić information content (AvgIpc) is 2.34. The Labute approximate surface area is 142 Å². The number of sulfonamides is 1. The van der Waals surface area contributed by atoms with E-state index in [0.29, 0.717) is 4.47 Å². The highest BCUT2D eigenvalue weighted by atomic mass is 79.9. The highest BCUT2D eigenvalue weighted by Gasteiger charge is 2.20. The smallest absolute Gasteiger partial charge is 0.262 e. The van der Waals surface area contributed by atoms with Gasteiger partial charge in [0.2, 0.25) is 0 Å². The molecule has 0 fully saturated rings. The van der Waals surface area contributed by atoms with Crippen molar-refractivity contribution in [3.05, 3.63) is 43.6 Å². The van der Waals surface area contributed by atoms with Crippen LogP contribution in [-0.2, 0) is 10.0 Å². The summed E-state index contributed by atoms with van der Waals surface area (Å²) in [6.07, 6.45) is 1.11. The molecule has 0 bridgehead atoms. The molecule has 0 aliphatic rings.